The zero-order chi connectivity index (χ0) is 44.9. The molecule has 16 heteroatoms. The third kappa shape index (κ3) is 8.26. The fourth-order valence-electron chi connectivity index (χ4n) is 11.1. The molecular weight excluding hydrogens is 819 g/mol. The Morgan fingerprint density at radius 3 is 2.20 bits per heavy atom. The number of urea groups is 1. The van der Waals surface area contributed by atoms with Crippen LogP contribution >= 0.6 is 0 Å². The monoisotopic (exact) mass is 877 g/mol. The van der Waals surface area contributed by atoms with E-state index in [4.69, 9.17) is 14.2 Å². The molecular formula is C48H59N7O9. The number of fused-ring (bicyclic) bond motifs is 2. The second-order valence-corrected chi connectivity index (χ2v) is 18.7. The maximum atomic E-state index is 13.3. The minimum atomic E-state index is -0.988. The van der Waals surface area contributed by atoms with Crippen LogP contribution < -0.4 is 30.4 Å². The van der Waals surface area contributed by atoms with Gasteiger partial charge >= 0.3 is 6.03 Å². The molecule has 0 radical (unpaired) electrons. The lowest BCUT2D eigenvalue weighted by Crippen LogP contribution is -2.54. The van der Waals surface area contributed by atoms with Crippen LogP contribution in [0.3, 0.4) is 0 Å². The molecule has 5 aliphatic heterocycles. The molecule has 1 saturated carbocycles. The van der Waals surface area contributed by atoms with Crippen molar-refractivity contribution in [2.24, 2.45) is 18.4 Å². The van der Waals surface area contributed by atoms with Crippen molar-refractivity contribution in [1.29, 1.82) is 0 Å². The number of benzene rings is 2. The average molecular weight is 878 g/mol. The van der Waals surface area contributed by atoms with Crippen molar-refractivity contribution in [2.45, 2.75) is 89.4 Å². The van der Waals surface area contributed by atoms with Crippen LogP contribution in [0.25, 0.3) is 11.1 Å². The quantitative estimate of drug-likeness (QED) is 0.266. The summed E-state index contributed by atoms with van der Waals surface area (Å²) in [5.74, 6) is 0.695. The van der Waals surface area contributed by atoms with Crippen LogP contribution in [0.2, 0.25) is 0 Å². The molecule has 6 amide bonds. The first-order chi connectivity index (χ1) is 30.9. The summed E-state index contributed by atoms with van der Waals surface area (Å²) in [5.41, 5.74) is 5.17. The molecule has 1 spiro atoms. The van der Waals surface area contributed by atoms with E-state index in [1.54, 1.807) is 56.0 Å². The fourth-order valence-corrected chi connectivity index (χ4v) is 11.1. The van der Waals surface area contributed by atoms with Crippen LogP contribution in [0.5, 0.6) is 17.2 Å². The zero-order valence-corrected chi connectivity index (χ0v) is 37.3. The van der Waals surface area contributed by atoms with Gasteiger partial charge in [-0.2, -0.15) is 0 Å². The highest BCUT2D eigenvalue weighted by atomic mass is 16.5. The van der Waals surface area contributed by atoms with Crippen LogP contribution in [0, 0.1) is 11.3 Å². The van der Waals surface area contributed by atoms with Crippen molar-refractivity contribution < 1.29 is 38.2 Å². The Morgan fingerprint density at radius 1 is 0.828 bits per heavy atom. The molecule has 64 heavy (non-hydrogen) atoms. The number of aryl methyl sites for hydroxylation is 1. The van der Waals surface area contributed by atoms with E-state index in [0.29, 0.717) is 30.2 Å². The Balaban J connectivity index is 0.734. The summed E-state index contributed by atoms with van der Waals surface area (Å²) < 4.78 is 19.9. The van der Waals surface area contributed by atoms with Gasteiger partial charge < -0.3 is 33.9 Å². The van der Waals surface area contributed by atoms with Gasteiger partial charge in [-0.1, -0.05) is 0 Å². The van der Waals surface area contributed by atoms with Gasteiger partial charge in [0.05, 0.1) is 43.6 Å². The first-order valence-electron chi connectivity index (χ1n) is 22.8. The fraction of sp³-hybridized carbons (Fsp3) is 0.542. The largest absolute Gasteiger partial charge is 0.496 e. The molecule has 1 atom stereocenters. The summed E-state index contributed by atoms with van der Waals surface area (Å²) >= 11 is 0. The van der Waals surface area contributed by atoms with Crippen LogP contribution in [-0.4, -0.2) is 127 Å². The number of imide groups is 2. The Morgan fingerprint density at radius 2 is 1.53 bits per heavy atom. The minimum absolute atomic E-state index is 0.0565. The highest BCUT2D eigenvalue weighted by Crippen LogP contribution is 2.51. The second kappa shape index (κ2) is 17.7. The van der Waals surface area contributed by atoms with E-state index in [1.165, 1.54) is 6.42 Å². The molecule has 1 aliphatic carbocycles. The molecule has 3 aromatic rings. The molecule has 0 bridgehead atoms. The van der Waals surface area contributed by atoms with Crippen molar-refractivity contribution >= 4 is 29.7 Å². The van der Waals surface area contributed by atoms with Gasteiger partial charge in [0.1, 0.15) is 23.3 Å². The summed E-state index contributed by atoms with van der Waals surface area (Å²) in [6, 6.07) is 7.89. The molecule has 2 N–H and O–H groups in total. The molecule has 2 aromatic carbocycles. The number of piperidine rings is 3. The van der Waals surface area contributed by atoms with Crippen molar-refractivity contribution in [3.63, 3.8) is 0 Å². The van der Waals surface area contributed by atoms with E-state index >= 15 is 0 Å². The van der Waals surface area contributed by atoms with Gasteiger partial charge in [-0.15, -0.1) is 0 Å². The number of carbonyl (C=O) groups is 5. The van der Waals surface area contributed by atoms with E-state index in [2.05, 4.69) is 32.6 Å². The summed E-state index contributed by atoms with van der Waals surface area (Å²) in [6.45, 7) is 6.81. The van der Waals surface area contributed by atoms with Gasteiger partial charge in [-0.25, -0.2) is 4.79 Å². The third-order valence-corrected chi connectivity index (χ3v) is 14.9. The van der Waals surface area contributed by atoms with E-state index in [-0.39, 0.29) is 53.6 Å². The smallest absolute Gasteiger partial charge is 0.317 e. The van der Waals surface area contributed by atoms with Crippen molar-refractivity contribution in [2.75, 3.05) is 60.5 Å². The lowest BCUT2D eigenvalue weighted by molar-refractivity contribution is -0.136. The van der Waals surface area contributed by atoms with Gasteiger partial charge in [0.25, 0.3) is 17.4 Å². The number of pyridine rings is 1. The van der Waals surface area contributed by atoms with Crippen LogP contribution in [-0.2, 0) is 36.1 Å². The van der Waals surface area contributed by atoms with E-state index in [9.17, 15) is 28.8 Å². The second-order valence-electron chi connectivity index (χ2n) is 18.7. The number of methoxy groups -OCH3 is 2. The number of rotatable bonds is 11. The van der Waals surface area contributed by atoms with Crippen molar-refractivity contribution in [1.82, 2.24) is 34.8 Å². The Labute approximate surface area is 373 Å². The first-order valence-corrected chi connectivity index (χ1v) is 22.8. The average Bonchev–Trinajstić information content (AvgIpc) is 3.54. The minimum Gasteiger partial charge on any atom is -0.496 e. The number of nitrogens with one attached hydrogen (secondary N) is 2. The van der Waals surface area contributed by atoms with Crippen LogP contribution in [0.15, 0.2) is 41.3 Å². The van der Waals surface area contributed by atoms with Gasteiger partial charge in [-0.3, -0.25) is 39.1 Å². The van der Waals surface area contributed by atoms with Gasteiger partial charge in [-0.05, 0) is 143 Å². The maximum Gasteiger partial charge on any atom is 0.317 e. The molecule has 6 heterocycles. The number of hydrogen-bond acceptors (Lipinski definition) is 11. The summed E-state index contributed by atoms with van der Waals surface area (Å²) in [6.07, 6.45) is 10.4. The zero-order valence-electron chi connectivity index (χ0n) is 37.3. The van der Waals surface area contributed by atoms with Gasteiger partial charge in [0.15, 0.2) is 0 Å². The van der Waals surface area contributed by atoms with Crippen molar-refractivity contribution in [3.8, 4) is 28.4 Å². The van der Waals surface area contributed by atoms with E-state index in [0.717, 1.165) is 116 Å². The highest BCUT2D eigenvalue weighted by molar-refractivity contribution is 6.23. The number of carbonyl (C=O) groups excluding carboxylic acids is 5. The number of nitrogens with zero attached hydrogens (tertiary/aromatic N) is 5. The number of aromatic nitrogens is 1. The Kier molecular flexibility index (Phi) is 12.0. The maximum absolute atomic E-state index is 13.3. The van der Waals surface area contributed by atoms with Crippen LogP contribution in [0.4, 0.5) is 4.79 Å². The highest BCUT2D eigenvalue weighted by Gasteiger charge is 2.48. The normalized spacial score (nSPS) is 21.7. The summed E-state index contributed by atoms with van der Waals surface area (Å²) in [5, 5.41) is 4.91. The third-order valence-electron chi connectivity index (χ3n) is 14.9. The summed E-state index contributed by atoms with van der Waals surface area (Å²) in [7, 11) is 6.74. The van der Waals surface area contributed by atoms with Gasteiger partial charge in [0, 0.05) is 50.9 Å². The molecule has 1 unspecified atom stereocenters. The molecule has 6 aliphatic rings. The topological polar surface area (TPSA) is 172 Å². The Bertz CT molecular complexity index is 2400. The molecule has 9 rings (SSSR count). The number of amides is 6. The summed E-state index contributed by atoms with van der Waals surface area (Å²) in [4.78, 5) is 83.8. The molecule has 3 saturated heterocycles. The van der Waals surface area contributed by atoms with E-state index in [1.807, 2.05) is 6.20 Å². The first kappa shape index (κ1) is 43.5. The lowest BCUT2D eigenvalue weighted by atomic mass is 9.61. The molecule has 1 aromatic heterocycles. The lowest BCUT2D eigenvalue weighted by Gasteiger charge is -2.52. The number of hydrogen-bond donors (Lipinski definition) is 2. The number of ether oxygens (including phenoxy) is 3. The van der Waals surface area contributed by atoms with E-state index < -0.39 is 29.7 Å². The molecule has 16 nitrogen and oxygen atoms in total. The molecule has 4 fully saturated rings. The van der Waals surface area contributed by atoms with Gasteiger partial charge in [0.2, 0.25) is 11.8 Å². The Hall–Kier alpha value is -5.74. The standard InChI is InChI=1S/C48H59N7O9/c1-49-47(61)54-18-12-33-36(26-51(2)44(58)37(33)28-54)30-21-40(62-3)38(41(22-30)63-4)27-53-16-10-29(11-17-53)9-15-52-19-13-48(14-20-52)24-32(25-48)64-31-5-6-34-35(23-31)46(60)55(45(34)59)39-7-8-42(56)50-43(39)57/h5-6,21-23,26,29,32,39H,7-20,24-25,27-28H2,1-4H3,(H,49,61)(H,50,56,57). The molecule has 340 valence electrons. The SMILES string of the molecule is CNC(=O)N1CCc2c(-c3cc(OC)c(CN4CCC(CCN5CCC6(CC5)CC(Oc5ccc7c(c5)C(=O)N(C5CCC(=O)NC5=O)C7=O)C6)CC4)c(OC)c3)cn(C)c(=O)c2C1. The predicted molar refractivity (Wildman–Crippen MR) is 236 cm³/mol. The van der Waals surface area contributed by atoms with Crippen LogP contribution in [0.1, 0.15) is 95.2 Å². The number of likely N-dealkylation sites (tertiary alicyclic amines) is 2. The van der Waals surface area contributed by atoms with Crippen molar-refractivity contribution in [3.05, 3.63) is 74.7 Å². The predicted octanol–water partition coefficient (Wildman–Crippen LogP) is 4.09.